The third kappa shape index (κ3) is 3.91. The molecule has 4 nitrogen and oxygen atoms in total. The fraction of sp³-hybridized carbons (Fsp3) is 1.00. The number of nitrogens with two attached hydrogens (primary N) is 1. The summed E-state index contributed by atoms with van der Waals surface area (Å²) in [6.07, 6.45) is 3.64. The first-order chi connectivity index (χ1) is 8.18. The fourth-order valence-corrected chi connectivity index (χ4v) is 2.76. The maximum Gasteiger partial charge on any atom is 0.0589 e. The van der Waals surface area contributed by atoms with Crippen LogP contribution in [0.25, 0.3) is 0 Å². The second-order valence-corrected chi connectivity index (χ2v) is 5.13. The molecule has 0 aliphatic carbocycles. The summed E-state index contributed by atoms with van der Waals surface area (Å²) in [6, 6.07) is 0. The summed E-state index contributed by atoms with van der Waals surface area (Å²) in [4.78, 5) is 4.94. The topological polar surface area (TPSA) is 41.7 Å². The molecule has 0 amide bonds. The normalized spacial score (nSPS) is 27.4. The molecule has 4 heteroatoms. The van der Waals surface area contributed by atoms with E-state index in [1.807, 2.05) is 0 Å². The van der Waals surface area contributed by atoms with Gasteiger partial charge in [-0.25, -0.2) is 0 Å². The van der Waals surface area contributed by atoms with Crippen molar-refractivity contribution in [2.45, 2.75) is 31.7 Å². The lowest BCUT2D eigenvalue weighted by atomic mass is 9.89. The van der Waals surface area contributed by atoms with E-state index >= 15 is 0 Å². The molecule has 1 fully saturated rings. The number of hydrogen-bond acceptors (Lipinski definition) is 4. The molecule has 1 unspecified atom stereocenters. The predicted molar refractivity (Wildman–Crippen MR) is 72.3 cm³/mol. The third-order valence-electron chi connectivity index (χ3n) is 4.28. The zero-order valence-electron chi connectivity index (χ0n) is 11.7. The van der Waals surface area contributed by atoms with Crippen molar-refractivity contribution in [2.24, 2.45) is 5.73 Å². The second kappa shape index (κ2) is 7.31. The lowest BCUT2D eigenvalue weighted by molar-refractivity contribution is 0.0718. The number of methoxy groups -OCH3 is 1. The highest BCUT2D eigenvalue weighted by molar-refractivity contribution is 4.93. The van der Waals surface area contributed by atoms with E-state index in [-0.39, 0.29) is 5.54 Å². The molecule has 1 heterocycles. The molecular weight excluding hydrogens is 214 g/mol. The van der Waals surface area contributed by atoms with Gasteiger partial charge >= 0.3 is 0 Å². The zero-order chi connectivity index (χ0) is 12.7. The molecule has 1 aliphatic rings. The van der Waals surface area contributed by atoms with Crippen molar-refractivity contribution >= 4 is 0 Å². The van der Waals surface area contributed by atoms with E-state index in [9.17, 15) is 0 Å². The van der Waals surface area contributed by atoms with E-state index in [0.29, 0.717) is 0 Å². The molecule has 102 valence electrons. The highest BCUT2D eigenvalue weighted by Crippen LogP contribution is 2.26. The van der Waals surface area contributed by atoms with Gasteiger partial charge in [0.05, 0.1) is 6.61 Å². The van der Waals surface area contributed by atoms with E-state index < -0.39 is 0 Å². The third-order valence-corrected chi connectivity index (χ3v) is 4.28. The predicted octanol–water partition coefficient (Wildman–Crippen LogP) is 0.768. The molecule has 0 aromatic carbocycles. The molecule has 1 rings (SSSR count). The van der Waals surface area contributed by atoms with Gasteiger partial charge in [0.2, 0.25) is 0 Å². The van der Waals surface area contributed by atoms with Gasteiger partial charge in [0, 0.05) is 25.7 Å². The highest BCUT2D eigenvalue weighted by Gasteiger charge is 2.34. The van der Waals surface area contributed by atoms with Crippen LogP contribution in [-0.4, -0.2) is 68.8 Å². The van der Waals surface area contributed by atoms with E-state index in [0.717, 1.165) is 26.2 Å². The van der Waals surface area contributed by atoms with Gasteiger partial charge in [0.15, 0.2) is 0 Å². The molecule has 1 aliphatic heterocycles. The van der Waals surface area contributed by atoms with Crippen molar-refractivity contribution in [3.63, 3.8) is 0 Å². The molecule has 0 spiro atoms. The molecule has 1 atom stereocenters. The Kier molecular flexibility index (Phi) is 6.41. The minimum atomic E-state index is 0.183. The van der Waals surface area contributed by atoms with Crippen molar-refractivity contribution < 1.29 is 4.74 Å². The Balaban J connectivity index is 2.60. The second-order valence-electron chi connectivity index (χ2n) is 5.13. The fourth-order valence-electron chi connectivity index (χ4n) is 2.76. The summed E-state index contributed by atoms with van der Waals surface area (Å²) >= 11 is 0. The smallest absolute Gasteiger partial charge is 0.0589 e. The van der Waals surface area contributed by atoms with E-state index in [1.165, 1.54) is 32.4 Å². The lowest BCUT2D eigenvalue weighted by Gasteiger charge is -2.40. The van der Waals surface area contributed by atoms with Gasteiger partial charge in [-0.15, -0.1) is 0 Å². The summed E-state index contributed by atoms with van der Waals surface area (Å²) in [5.41, 5.74) is 6.25. The first-order valence-electron chi connectivity index (χ1n) is 6.81. The summed E-state index contributed by atoms with van der Waals surface area (Å²) in [5, 5.41) is 0. The lowest BCUT2D eigenvalue weighted by Crippen LogP contribution is -2.53. The average molecular weight is 243 g/mol. The molecule has 1 saturated heterocycles. The molecule has 0 saturated carbocycles. The summed E-state index contributed by atoms with van der Waals surface area (Å²) in [7, 11) is 3.95. The van der Waals surface area contributed by atoms with Crippen LogP contribution in [0.4, 0.5) is 0 Å². The largest absolute Gasteiger partial charge is 0.383 e. The number of likely N-dealkylation sites (tertiary alicyclic amines) is 1. The molecule has 0 aromatic heterocycles. The van der Waals surface area contributed by atoms with Crippen LogP contribution in [0.1, 0.15) is 26.2 Å². The van der Waals surface area contributed by atoms with Crippen LogP contribution in [0.3, 0.4) is 0 Å². The van der Waals surface area contributed by atoms with Crippen molar-refractivity contribution in [3.8, 4) is 0 Å². The van der Waals surface area contributed by atoms with Crippen LogP contribution in [0, 0.1) is 0 Å². The van der Waals surface area contributed by atoms with E-state index in [4.69, 9.17) is 10.5 Å². The first-order valence-corrected chi connectivity index (χ1v) is 6.81. The maximum absolute atomic E-state index is 6.07. The Morgan fingerprint density at radius 1 is 1.35 bits per heavy atom. The first kappa shape index (κ1) is 14.9. The van der Waals surface area contributed by atoms with Gasteiger partial charge in [0.25, 0.3) is 0 Å². The Hall–Kier alpha value is -0.160. The van der Waals surface area contributed by atoms with E-state index in [1.54, 1.807) is 7.11 Å². The average Bonchev–Trinajstić information content (AvgIpc) is 2.58. The van der Waals surface area contributed by atoms with Crippen molar-refractivity contribution in [2.75, 3.05) is 53.5 Å². The number of nitrogens with zero attached hydrogens (tertiary/aromatic N) is 2. The van der Waals surface area contributed by atoms with Gasteiger partial charge in [-0.2, -0.15) is 0 Å². The minimum Gasteiger partial charge on any atom is -0.383 e. The molecule has 0 aromatic rings. The molecule has 17 heavy (non-hydrogen) atoms. The summed E-state index contributed by atoms with van der Waals surface area (Å²) < 4.78 is 5.17. The van der Waals surface area contributed by atoms with Crippen LogP contribution in [0.15, 0.2) is 0 Å². The number of ether oxygens (including phenoxy) is 1. The highest BCUT2D eigenvalue weighted by atomic mass is 16.5. The van der Waals surface area contributed by atoms with Gasteiger partial charge in [-0.3, -0.25) is 4.90 Å². The monoisotopic (exact) mass is 243 g/mol. The van der Waals surface area contributed by atoms with Crippen LogP contribution < -0.4 is 5.73 Å². The van der Waals surface area contributed by atoms with Crippen LogP contribution in [0.2, 0.25) is 0 Å². The minimum absolute atomic E-state index is 0.183. The van der Waals surface area contributed by atoms with Crippen LogP contribution in [-0.2, 0) is 4.74 Å². The molecule has 0 radical (unpaired) electrons. The van der Waals surface area contributed by atoms with Crippen molar-refractivity contribution in [1.82, 2.24) is 9.80 Å². The molecule has 2 N–H and O–H groups in total. The number of rotatable bonds is 6. The van der Waals surface area contributed by atoms with Gasteiger partial charge in [-0.1, -0.05) is 6.92 Å². The molecular formula is C13H29N3O. The van der Waals surface area contributed by atoms with Crippen molar-refractivity contribution in [3.05, 3.63) is 0 Å². The number of likely N-dealkylation sites (N-methyl/N-ethyl adjacent to an activating group) is 1. The quantitative estimate of drug-likeness (QED) is 0.748. The van der Waals surface area contributed by atoms with Gasteiger partial charge < -0.3 is 15.4 Å². The van der Waals surface area contributed by atoms with Gasteiger partial charge in [0.1, 0.15) is 0 Å². The van der Waals surface area contributed by atoms with Gasteiger partial charge in [-0.05, 0) is 45.9 Å². The van der Waals surface area contributed by atoms with Crippen molar-refractivity contribution in [1.29, 1.82) is 0 Å². The SMILES string of the molecule is CCN1CCCC(CN)(N(C)CCOC)CC1. The Bertz CT molecular complexity index is 213. The Morgan fingerprint density at radius 3 is 2.71 bits per heavy atom. The van der Waals surface area contributed by atoms with Crippen LogP contribution in [0.5, 0.6) is 0 Å². The van der Waals surface area contributed by atoms with Crippen LogP contribution >= 0.6 is 0 Å². The Labute approximate surface area is 106 Å². The maximum atomic E-state index is 6.07. The van der Waals surface area contributed by atoms with E-state index in [2.05, 4.69) is 23.8 Å². The molecule has 0 bridgehead atoms. The summed E-state index contributed by atoms with van der Waals surface area (Å²) in [6.45, 7) is 8.30. The summed E-state index contributed by atoms with van der Waals surface area (Å²) in [5.74, 6) is 0. The number of hydrogen-bond donors (Lipinski definition) is 1. The standard InChI is InChI=1S/C13H29N3O/c1-4-16-8-5-6-13(12-14,7-9-16)15(2)10-11-17-3/h4-12,14H2,1-3H3. The Morgan fingerprint density at radius 2 is 2.12 bits per heavy atom. The zero-order valence-corrected chi connectivity index (χ0v) is 11.7.